The number of nitrogens with two attached hydrogens (primary N) is 1. The number of aromatic nitrogens is 4. The van der Waals surface area contributed by atoms with E-state index in [9.17, 15) is 9.18 Å². The quantitative estimate of drug-likeness (QED) is 0.143. The molecule has 12 heteroatoms. The number of nitrogens with zero attached hydrogens (tertiary/aromatic N) is 6. The average Bonchev–Trinajstić information content (AvgIpc) is 3.98. The monoisotopic (exact) mass is 708 g/mol. The number of nitrogens with one attached hydrogen (secondary N) is 1. The number of halogens is 1. The van der Waals surface area contributed by atoms with E-state index in [1.807, 2.05) is 61.2 Å². The lowest BCUT2D eigenvalue weighted by Crippen LogP contribution is -2.25. The van der Waals surface area contributed by atoms with E-state index < -0.39 is 5.82 Å². The molecule has 3 aromatic carbocycles. The van der Waals surface area contributed by atoms with Gasteiger partial charge in [0.1, 0.15) is 30.5 Å². The van der Waals surface area contributed by atoms with Crippen LogP contribution >= 0.6 is 0 Å². The van der Waals surface area contributed by atoms with Crippen LogP contribution in [-0.4, -0.2) is 87.8 Å². The van der Waals surface area contributed by atoms with Gasteiger partial charge in [-0.1, -0.05) is 6.07 Å². The normalized spacial score (nSPS) is 14.6. The number of amides is 1. The molecule has 0 bridgehead atoms. The number of hydrogen-bond acceptors (Lipinski definition) is 8. The van der Waals surface area contributed by atoms with Crippen molar-refractivity contribution in [3.8, 4) is 34.0 Å². The summed E-state index contributed by atoms with van der Waals surface area (Å²) in [5.41, 5.74) is 11.8. The molecule has 2 aliphatic rings. The van der Waals surface area contributed by atoms with Crippen molar-refractivity contribution in [2.24, 2.45) is 14.1 Å². The summed E-state index contributed by atoms with van der Waals surface area (Å²) in [7, 11) is 3.79. The van der Waals surface area contributed by atoms with Gasteiger partial charge in [-0.05, 0) is 125 Å². The van der Waals surface area contributed by atoms with Crippen LogP contribution in [0.4, 0.5) is 15.8 Å². The Morgan fingerprint density at radius 3 is 1.81 bits per heavy atom. The second-order valence-corrected chi connectivity index (χ2v) is 13.4. The molecule has 2 aromatic heterocycles. The standard InChI is InChI=1S/C24H27FN4O2.C16H22N4O/c1-17-5-6-18(15-21(17)25)24(30)27-19-7-8-23(31-14-13-29-11-3-4-12-29)20(16-19)22-9-10-26-28(22)2;1-19-15(6-7-18-19)14-12-13(17)4-5-16(14)21-11-10-20-8-2-3-9-20/h5-10,15-16H,3-4,11-14H2,1-2H3,(H,27,30);4-7,12H,2-3,8-11,17H2,1H3. The van der Waals surface area contributed by atoms with Gasteiger partial charge < -0.3 is 20.5 Å². The third-order valence-corrected chi connectivity index (χ3v) is 9.60. The molecule has 0 aliphatic carbocycles. The Kier molecular flexibility index (Phi) is 12.2. The van der Waals surface area contributed by atoms with Crippen LogP contribution in [-0.2, 0) is 14.1 Å². The largest absolute Gasteiger partial charge is 0.492 e. The van der Waals surface area contributed by atoms with Crippen LogP contribution in [0.15, 0.2) is 79.1 Å². The highest BCUT2D eigenvalue weighted by Crippen LogP contribution is 2.33. The van der Waals surface area contributed by atoms with E-state index in [0.717, 1.165) is 65.9 Å². The summed E-state index contributed by atoms with van der Waals surface area (Å²) in [5.74, 6) is 0.844. The average molecular weight is 709 g/mol. The van der Waals surface area contributed by atoms with Crippen molar-refractivity contribution in [1.82, 2.24) is 29.4 Å². The van der Waals surface area contributed by atoms with E-state index >= 15 is 0 Å². The lowest BCUT2D eigenvalue weighted by Gasteiger charge is -2.17. The number of carbonyl (C=O) groups is 1. The van der Waals surface area contributed by atoms with Crippen molar-refractivity contribution in [3.63, 3.8) is 0 Å². The number of aryl methyl sites for hydroxylation is 3. The number of anilines is 2. The summed E-state index contributed by atoms with van der Waals surface area (Å²) < 4.78 is 29.6. The number of nitrogen functional groups attached to an aromatic ring is 1. The molecule has 2 saturated heterocycles. The SMILES string of the molecule is Cc1ccc(C(=O)Nc2ccc(OCCN3CCCC3)c(-c3ccnn3C)c2)cc1F.Cn1nccc1-c1cc(N)ccc1OCCN1CCCC1. The van der Waals surface area contributed by atoms with Crippen LogP contribution < -0.4 is 20.5 Å². The predicted octanol–water partition coefficient (Wildman–Crippen LogP) is 6.41. The Bertz CT molecular complexity index is 1940. The summed E-state index contributed by atoms with van der Waals surface area (Å²) >= 11 is 0. The molecule has 1 amide bonds. The molecule has 0 atom stereocenters. The molecule has 2 aliphatic heterocycles. The van der Waals surface area contributed by atoms with Gasteiger partial charge in [-0.2, -0.15) is 10.2 Å². The van der Waals surface area contributed by atoms with Crippen molar-refractivity contribution in [2.45, 2.75) is 32.6 Å². The van der Waals surface area contributed by atoms with Crippen molar-refractivity contribution < 1.29 is 18.7 Å². The van der Waals surface area contributed by atoms with Crippen molar-refractivity contribution in [2.75, 3.05) is 63.5 Å². The number of likely N-dealkylation sites (tertiary alicyclic amines) is 2. The van der Waals surface area contributed by atoms with Gasteiger partial charge in [-0.3, -0.25) is 24.0 Å². The zero-order valence-corrected chi connectivity index (χ0v) is 30.4. The van der Waals surface area contributed by atoms with Crippen molar-refractivity contribution >= 4 is 17.3 Å². The first-order valence-corrected chi connectivity index (χ1v) is 18.0. The van der Waals surface area contributed by atoms with Crippen LogP contribution in [0.2, 0.25) is 0 Å². The second kappa shape index (κ2) is 17.3. The molecular formula is C40H49FN8O3. The number of hydrogen-bond donors (Lipinski definition) is 2. The first-order valence-electron chi connectivity index (χ1n) is 18.0. The van der Waals surface area contributed by atoms with E-state index in [4.69, 9.17) is 15.2 Å². The van der Waals surface area contributed by atoms with Crippen LogP contribution in [0, 0.1) is 12.7 Å². The molecule has 274 valence electrons. The number of rotatable bonds is 12. The maximum atomic E-state index is 13.8. The molecule has 0 unspecified atom stereocenters. The molecule has 2 fully saturated rings. The van der Waals surface area contributed by atoms with Crippen molar-refractivity contribution in [3.05, 3.63) is 96.1 Å². The van der Waals surface area contributed by atoms with Gasteiger partial charge >= 0.3 is 0 Å². The molecule has 11 nitrogen and oxygen atoms in total. The number of benzene rings is 3. The lowest BCUT2D eigenvalue weighted by atomic mass is 10.1. The predicted molar refractivity (Wildman–Crippen MR) is 203 cm³/mol. The Morgan fingerprint density at radius 2 is 1.29 bits per heavy atom. The topological polar surface area (TPSA) is 116 Å². The van der Waals surface area contributed by atoms with E-state index in [-0.39, 0.29) is 11.5 Å². The van der Waals surface area contributed by atoms with Crippen LogP contribution in [0.25, 0.3) is 22.5 Å². The van der Waals surface area contributed by atoms with Gasteiger partial charge in [0.2, 0.25) is 0 Å². The van der Waals surface area contributed by atoms with Gasteiger partial charge in [0.05, 0.1) is 11.4 Å². The van der Waals surface area contributed by atoms with E-state index in [1.165, 1.54) is 44.8 Å². The summed E-state index contributed by atoms with van der Waals surface area (Å²) in [5, 5.41) is 11.3. The molecule has 0 radical (unpaired) electrons. The van der Waals surface area contributed by atoms with Gasteiger partial charge in [0, 0.05) is 67.6 Å². The Hall–Kier alpha value is -5.20. The maximum Gasteiger partial charge on any atom is 0.255 e. The van der Waals surface area contributed by atoms with Gasteiger partial charge in [0.15, 0.2) is 0 Å². The first-order chi connectivity index (χ1) is 25.2. The summed E-state index contributed by atoms with van der Waals surface area (Å²) in [6.07, 6.45) is 8.62. The molecule has 4 heterocycles. The maximum absolute atomic E-state index is 13.8. The fourth-order valence-corrected chi connectivity index (χ4v) is 6.60. The molecule has 0 saturated carbocycles. The van der Waals surface area contributed by atoms with Gasteiger partial charge in [-0.15, -0.1) is 0 Å². The van der Waals surface area contributed by atoms with E-state index in [1.54, 1.807) is 42.2 Å². The molecule has 5 aromatic rings. The van der Waals surface area contributed by atoms with Gasteiger partial charge in [-0.25, -0.2) is 4.39 Å². The molecule has 52 heavy (non-hydrogen) atoms. The molecule has 0 spiro atoms. The number of carbonyl (C=O) groups excluding carboxylic acids is 1. The minimum Gasteiger partial charge on any atom is -0.492 e. The highest BCUT2D eigenvalue weighted by Gasteiger charge is 2.17. The summed E-state index contributed by atoms with van der Waals surface area (Å²) in [6, 6.07) is 19.6. The van der Waals surface area contributed by atoms with Crippen LogP contribution in [0.1, 0.15) is 41.6 Å². The third-order valence-electron chi connectivity index (χ3n) is 9.60. The highest BCUT2D eigenvalue weighted by atomic mass is 19.1. The Balaban J connectivity index is 0.000000192. The zero-order chi connectivity index (χ0) is 36.5. The smallest absolute Gasteiger partial charge is 0.255 e. The van der Waals surface area contributed by atoms with Crippen molar-refractivity contribution in [1.29, 1.82) is 0 Å². The second-order valence-electron chi connectivity index (χ2n) is 13.4. The minimum atomic E-state index is -0.398. The van der Waals surface area contributed by atoms with Crippen LogP contribution in [0.3, 0.4) is 0 Å². The van der Waals surface area contributed by atoms with Crippen LogP contribution in [0.5, 0.6) is 11.5 Å². The molecule has 7 rings (SSSR count). The summed E-state index contributed by atoms with van der Waals surface area (Å²) in [6.45, 7) is 9.48. The highest BCUT2D eigenvalue weighted by molar-refractivity contribution is 6.04. The first kappa shape index (κ1) is 36.6. The Labute approximate surface area is 305 Å². The number of ether oxygens (including phenoxy) is 2. The Morgan fingerprint density at radius 1 is 0.750 bits per heavy atom. The fourth-order valence-electron chi connectivity index (χ4n) is 6.60. The van der Waals surface area contributed by atoms with E-state index in [0.29, 0.717) is 24.5 Å². The third kappa shape index (κ3) is 9.36. The fraction of sp³-hybridized carbons (Fsp3) is 0.375. The molecular weight excluding hydrogens is 659 g/mol. The minimum absolute atomic E-state index is 0.274. The molecule has 3 N–H and O–H groups in total. The zero-order valence-electron chi connectivity index (χ0n) is 30.4. The van der Waals surface area contributed by atoms with E-state index in [2.05, 4.69) is 25.3 Å². The lowest BCUT2D eigenvalue weighted by molar-refractivity contribution is 0.102. The van der Waals surface area contributed by atoms with Gasteiger partial charge in [0.25, 0.3) is 5.91 Å². The summed E-state index contributed by atoms with van der Waals surface area (Å²) in [4.78, 5) is 17.5.